The largest absolute Gasteiger partial charge is 0.458 e. The smallest absolute Gasteiger partial charge is 0.282 e. The van der Waals surface area contributed by atoms with Gasteiger partial charge in [0, 0.05) is 31.1 Å². The zero-order valence-electron chi connectivity index (χ0n) is 18.4. The van der Waals surface area contributed by atoms with Crippen LogP contribution < -0.4 is 15.5 Å². The van der Waals surface area contributed by atoms with Crippen LogP contribution in [0.15, 0.2) is 58.4 Å². The van der Waals surface area contributed by atoms with Crippen molar-refractivity contribution in [2.75, 3.05) is 35.2 Å². The summed E-state index contributed by atoms with van der Waals surface area (Å²) in [5.41, 5.74) is 9.88. The summed E-state index contributed by atoms with van der Waals surface area (Å²) in [5.74, 6) is 1.11. The summed E-state index contributed by atoms with van der Waals surface area (Å²) in [6.45, 7) is 4.62. The van der Waals surface area contributed by atoms with E-state index in [1.165, 1.54) is 5.56 Å². The van der Waals surface area contributed by atoms with Gasteiger partial charge in [0.05, 0.1) is 28.4 Å². The molecule has 1 aromatic heterocycles. The van der Waals surface area contributed by atoms with Gasteiger partial charge in [-0.2, -0.15) is 10.6 Å². The summed E-state index contributed by atoms with van der Waals surface area (Å²) in [4.78, 5) is 14.5. The summed E-state index contributed by atoms with van der Waals surface area (Å²) < 4.78 is 27.2. The summed E-state index contributed by atoms with van der Waals surface area (Å²) in [6, 6.07) is 16.3. The number of hydrogen-bond acceptors (Lipinski definition) is 8. The van der Waals surface area contributed by atoms with Crippen molar-refractivity contribution in [3.63, 3.8) is 0 Å². The third-order valence-electron chi connectivity index (χ3n) is 6.73. The Hall–Kier alpha value is -3.01. The Bertz CT molecular complexity index is 1280. The second-order valence-electron chi connectivity index (χ2n) is 9.02. The lowest BCUT2D eigenvalue weighted by molar-refractivity contribution is 0.223. The monoisotopic (exact) mass is 465 g/mol. The SMILES string of the molecule is Cc1ccc2nc(N3CCS(O)(O)c4ccccc4C3)cc(N3CC4N=C(N)OC4C3)c2c1. The number of fused-ring (bicyclic) bond motifs is 3. The third kappa shape index (κ3) is 3.56. The van der Waals surface area contributed by atoms with Crippen molar-refractivity contribution in [3.8, 4) is 0 Å². The van der Waals surface area contributed by atoms with Crippen LogP contribution >= 0.6 is 10.6 Å². The number of pyridine rings is 1. The molecule has 0 spiro atoms. The minimum absolute atomic E-state index is 0.0282. The molecule has 2 atom stereocenters. The molecular formula is C24H27N5O3S. The third-order valence-corrected chi connectivity index (χ3v) is 8.58. The van der Waals surface area contributed by atoms with Crippen molar-refractivity contribution in [1.29, 1.82) is 0 Å². The highest BCUT2D eigenvalue weighted by atomic mass is 32.3. The van der Waals surface area contributed by atoms with E-state index in [0.29, 0.717) is 24.5 Å². The summed E-state index contributed by atoms with van der Waals surface area (Å²) in [5, 5.41) is 1.09. The molecule has 6 rings (SSSR count). The summed E-state index contributed by atoms with van der Waals surface area (Å²) in [6.07, 6.45) is -0.0282. The maximum absolute atomic E-state index is 10.8. The van der Waals surface area contributed by atoms with Crippen LogP contribution in [-0.4, -0.2) is 57.6 Å². The van der Waals surface area contributed by atoms with E-state index < -0.39 is 10.6 Å². The predicted octanol–water partition coefficient (Wildman–Crippen LogP) is 3.58. The number of hydrogen-bond donors (Lipinski definition) is 3. The number of nitrogens with two attached hydrogens (primary N) is 1. The van der Waals surface area contributed by atoms with E-state index in [-0.39, 0.29) is 23.9 Å². The average Bonchev–Trinajstić information content (AvgIpc) is 3.29. The van der Waals surface area contributed by atoms with Gasteiger partial charge in [-0.1, -0.05) is 29.8 Å². The Kier molecular flexibility index (Phi) is 4.69. The molecule has 1 fully saturated rings. The molecule has 0 bridgehead atoms. The van der Waals surface area contributed by atoms with Gasteiger partial charge >= 0.3 is 0 Å². The topological polar surface area (TPSA) is 107 Å². The van der Waals surface area contributed by atoms with Gasteiger partial charge in [0.15, 0.2) is 0 Å². The maximum atomic E-state index is 10.8. The Morgan fingerprint density at radius 3 is 2.79 bits per heavy atom. The first kappa shape index (κ1) is 20.6. The molecule has 9 heteroatoms. The van der Waals surface area contributed by atoms with Crippen molar-refractivity contribution < 1.29 is 13.8 Å². The average molecular weight is 466 g/mol. The predicted molar refractivity (Wildman–Crippen MR) is 132 cm³/mol. The zero-order valence-corrected chi connectivity index (χ0v) is 19.2. The molecule has 33 heavy (non-hydrogen) atoms. The van der Waals surface area contributed by atoms with Crippen LogP contribution in [0.25, 0.3) is 10.9 Å². The molecule has 0 radical (unpaired) electrons. The Balaban J connectivity index is 1.42. The fraction of sp³-hybridized carbons (Fsp3) is 0.333. The van der Waals surface area contributed by atoms with Crippen LogP contribution in [0, 0.1) is 6.92 Å². The lowest BCUT2D eigenvalue weighted by Gasteiger charge is -2.32. The van der Waals surface area contributed by atoms with Crippen LogP contribution in [0.4, 0.5) is 11.5 Å². The minimum atomic E-state index is -2.83. The van der Waals surface area contributed by atoms with Gasteiger partial charge < -0.3 is 20.3 Å². The molecule has 4 N–H and O–H groups in total. The second kappa shape index (κ2) is 7.51. The molecule has 1 saturated heterocycles. The van der Waals surface area contributed by atoms with Gasteiger partial charge in [0.25, 0.3) is 6.02 Å². The molecule has 3 aromatic rings. The minimum Gasteiger partial charge on any atom is -0.458 e. The molecule has 0 amide bonds. The van der Waals surface area contributed by atoms with E-state index >= 15 is 0 Å². The van der Waals surface area contributed by atoms with E-state index in [1.54, 1.807) is 0 Å². The van der Waals surface area contributed by atoms with Crippen molar-refractivity contribution in [1.82, 2.24) is 4.98 Å². The number of amidine groups is 1. The highest BCUT2D eigenvalue weighted by molar-refractivity contribution is 8.24. The number of nitrogens with zero attached hydrogens (tertiary/aromatic N) is 4. The van der Waals surface area contributed by atoms with Crippen molar-refractivity contribution in [3.05, 3.63) is 59.7 Å². The fourth-order valence-electron chi connectivity index (χ4n) is 5.06. The Morgan fingerprint density at radius 1 is 1.09 bits per heavy atom. The molecule has 2 aromatic carbocycles. The Labute approximate surface area is 194 Å². The van der Waals surface area contributed by atoms with Gasteiger partial charge in [-0.3, -0.25) is 9.11 Å². The normalized spacial score (nSPS) is 24.6. The number of benzene rings is 2. The van der Waals surface area contributed by atoms with Crippen molar-refractivity contribution in [2.45, 2.75) is 30.5 Å². The molecular weight excluding hydrogens is 438 g/mol. The fourth-order valence-corrected chi connectivity index (χ4v) is 6.60. The standard InChI is InChI=1S/C24H27N5O3S/c1-15-6-7-18-17(10-15)20(29-13-19-21(14-29)32-24(25)27-19)11-23(26-18)28-8-9-33(30,31)22-5-3-2-4-16(22)12-28/h2-7,10-11,19,21,30-31H,8-9,12-14H2,1H3,(H2,25,27). The molecule has 3 aliphatic rings. The van der Waals surface area contributed by atoms with Gasteiger partial charge in [0.2, 0.25) is 0 Å². The van der Waals surface area contributed by atoms with E-state index in [2.05, 4.69) is 46.0 Å². The molecule has 4 heterocycles. The van der Waals surface area contributed by atoms with E-state index in [9.17, 15) is 9.11 Å². The lowest BCUT2D eigenvalue weighted by atomic mass is 10.1. The second-order valence-corrected chi connectivity index (χ2v) is 11.2. The lowest BCUT2D eigenvalue weighted by Crippen LogP contribution is -2.28. The molecule has 8 nitrogen and oxygen atoms in total. The van der Waals surface area contributed by atoms with Crippen molar-refractivity contribution >= 4 is 39.0 Å². The van der Waals surface area contributed by atoms with Gasteiger partial charge in [-0.25, -0.2) is 9.98 Å². The van der Waals surface area contributed by atoms with Gasteiger partial charge in [0.1, 0.15) is 18.0 Å². The molecule has 2 unspecified atom stereocenters. The van der Waals surface area contributed by atoms with E-state index in [4.69, 9.17) is 15.5 Å². The molecule has 0 saturated carbocycles. The molecule has 0 aliphatic carbocycles. The first-order valence-electron chi connectivity index (χ1n) is 11.1. The molecule has 172 valence electrons. The number of aliphatic imine (C=N–C) groups is 1. The highest BCUT2D eigenvalue weighted by Gasteiger charge is 2.40. The maximum Gasteiger partial charge on any atom is 0.282 e. The van der Waals surface area contributed by atoms with Crippen LogP contribution in [0.1, 0.15) is 11.1 Å². The summed E-state index contributed by atoms with van der Waals surface area (Å²) >= 11 is 0. The highest BCUT2D eigenvalue weighted by Crippen LogP contribution is 2.51. The first-order valence-corrected chi connectivity index (χ1v) is 12.8. The van der Waals surface area contributed by atoms with Gasteiger partial charge in [-0.05, 0) is 30.7 Å². The Morgan fingerprint density at radius 2 is 1.94 bits per heavy atom. The van der Waals surface area contributed by atoms with Crippen LogP contribution in [0.2, 0.25) is 0 Å². The number of rotatable bonds is 2. The van der Waals surface area contributed by atoms with E-state index in [0.717, 1.165) is 34.5 Å². The van der Waals surface area contributed by atoms with Crippen LogP contribution in [-0.2, 0) is 11.3 Å². The van der Waals surface area contributed by atoms with Crippen molar-refractivity contribution in [2.24, 2.45) is 10.7 Å². The number of aryl methyl sites for hydroxylation is 1. The van der Waals surface area contributed by atoms with Crippen LogP contribution in [0.5, 0.6) is 0 Å². The number of anilines is 2. The van der Waals surface area contributed by atoms with Gasteiger partial charge in [-0.15, -0.1) is 0 Å². The zero-order chi connectivity index (χ0) is 22.7. The number of aromatic nitrogens is 1. The summed E-state index contributed by atoms with van der Waals surface area (Å²) in [7, 11) is -2.83. The number of ether oxygens (including phenoxy) is 1. The van der Waals surface area contributed by atoms with Crippen LogP contribution in [0.3, 0.4) is 0 Å². The first-order chi connectivity index (χ1) is 15.9. The van der Waals surface area contributed by atoms with E-state index in [1.807, 2.05) is 24.3 Å². The molecule has 3 aliphatic heterocycles. The quantitative estimate of drug-likeness (QED) is 0.531.